The summed E-state index contributed by atoms with van der Waals surface area (Å²) >= 11 is 6.15. The van der Waals surface area contributed by atoms with Crippen molar-refractivity contribution in [3.63, 3.8) is 0 Å². The molecule has 0 saturated heterocycles. The molecule has 2 heterocycles. The SMILES string of the molecule is Cn1c(=O)c(C#N)c(NC2CCC(N(c3ccccc3)C3CC3)CC2)c2nc(Cl)ccc21. The molecule has 3 aromatic rings. The summed E-state index contributed by atoms with van der Waals surface area (Å²) in [5.41, 5.74) is 2.85. The zero-order valence-corrected chi connectivity index (χ0v) is 18.8. The highest BCUT2D eigenvalue weighted by Gasteiger charge is 2.36. The number of rotatable bonds is 5. The number of nitriles is 1. The molecule has 2 aromatic heterocycles. The fourth-order valence-electron chi connectivity index (χ4n) is 5.00. The predicted molar refractivity (Wildman–Crippen MR) is 128 cm³/mol. The lowest BCUT2D eigenvalue weighted by atomic mass is 9.89. The van der Waals surface area contributed by atoms with Crippen molar-refractivity contribution in [2.45, 2.75) is 56.7 Å². The third kappa shape index (κ3) is 3.82. The van der Waals surface area contributed by atoms with Gasteiger partial charge in [0.25, 0.3) is 5.56 Å². The Labute approximate surface area is 192 Å². The van der Waals surface area contributed by atoms with Crippen LogP contribution < -0.4 is 15.8 Å². The Hall–Kier alpha value is -3.04. The highest BCUT2D eigenvalue weighted by Crippen LogP contribution is 2.38. The Morgan fingerprint density at radius 2 is 1.72 bits per heavy atom. The molecule has 0 bridgehead atoms. The highest BCUT2D eigenvalue weighted by atomic mass is 35.5. The van der Waals surface area contributed by atoms with Crippen LogP contribution in [0.2, 0.25) is 5.15 Å². The zero-order chi connectivity index (χ0) is 22.2. The number of benzene rings is 1. The number of nitrogens with zero attached hydrogens (tertiary/aromatic N) is 4. The quantitative estimate of drug-likeness (QED) is 0.566. The summed E-state index contributed by atoms with van der Waals surface area (Å²) in [6, 6.07) is 17.6. The fourth-order valence-corrected chi connectivity index (χ4v) is 5.15. The number of aromatic nitrogens is 2. The number of aryl methyl sites for hydroxylation is 1. The van der Waals surface area contributed by atoms with E-state index < -0.39 is 0 Å². The molecule has 6 nitrogen and oxygen atoms in total. The lowest BCUT2D eigenvalue weighted by molar-refractivity contribution is 0.387. The van der Waals surface area contributed by atoms with Crippen LogP contribution in [0.1, 0.15) is 44.1 Å². The van der Waals surface area contributed by atoms with Crippen LogP contribution in [0.4, 0.5) is 11.4 Å². The number of halogens is 1. The number of pyridine rings is 2. The molecule has 0 amide bonds. The van der Waals surface area contributed by atoms with Gasteiger partial charge in [-0.2, -0.15) is 5.26 Å². The van der Waals surface area contributed by atoms with E-state index in [0.717, 1.165) is 25.7 Å². The van der Waals surface area contributed by atoms with E-state index in [1.807, 2.05) is 0 Å². The molecule has 5 rings (SSSR count). The number of fused-ring (bicyclic) bond motifs is 1. The minimum atomic E-state index is -0.315. The molecule has 0 radical (unpaired) electrons. The largest absolute Gasteiger partial charge is 0.379 e. The molecule has 0 spiro atoms. The van der Waals surface area contributed by atoms with Gasteiger partial charge in [0.15, 0.2) is 0 Å². The lowest BCUT2D eigenvalue weighted by Crippen LogP contribution is -2.42. The highest BCUT2D eigenvalue weighted by molar-refractivity contribution is 6.29. The summed E-state index contributed by atoms with van der Waals surface area (Å²) in [7, 11) is 1.66. The molecule has 2 aliphatic carbocycles. The van der Waals surface area contributed by atoms with Crippen LogP contribution in [-0.2, 0) is 7.05 Å². The first-order valence-electron chi connectivity index (χ1n) is 11.3. The van der Waals surface area contributed by atoms with Gasteiger partial charge in [-0.15, -0.1) is 0 Å². The predicted octanol–water partition coefficient (Wildman–Crippen LogP) is 4.85. The van der Waals surface area contributed by atoms with Crippen LogP contribution in [0.5, 0.6) is 0 Å². The first-order valence-corrected chi connectivity index (χ1v) is 11.6. The number of para-hydroxylation sites is 1. The zero-order valence-electron chi connectivity index (χ0n) is 18.1. The number of hydrogen-bond acceptors (Lipinski definition) is 5. The average molecular weight is 448 g/mol. The summed E-state index contributed by atoms with van der Waals surface area (Å²) in [5, 5.41) is 13.6. The molecular formula is C25H26ClN5O. The first kappa shape index (κ1) is 20.8. The molecule has 1 N–H and O–H groups in total. The summed E-state index contributed by atoms with van der Waals surface area (Å²) in [5.74, 6) is 0. The Morgan fingerprint density at radius 1 is 1.06 bits per heavy atom. The van der Waals surface area contributed by atoms with Gasteiger partial charge in [-0.25, -0.2) is 4.98 Å². The molecule has 1 aromatic carbocycles. The summed E-state index contributed by atoms with van der Waals surface area (Å²) in [4.78, 5) is 19.8. The summed E-state index contributed by atoms with van der Waals surface area (Å²) in [6.07, 6.45) is 6.63. The molecule has 2 fully saturated rings. The van der Waals surface area contributed by atoms with E-state index in [0.29, 0.717) is 34.0 Å². The van der Waals surface area contributed by atoms with Crippen LogP contribution in [0.15, 0.2) is 47.3 Å². The minimum Gasteiger partial charge on any atom is -0.379 e. The van der Waals surface area contributed by atoms with Crippen LogP contribution in [0.3, 0.4) is 0 Å². The Kier molecular flexibility index (Phi) is 5.52. The molecule has 2 aliphatic rings. The van der Waals surface area contributed by atoms with Crippen molar-refractivity contribution in [2.75, 3.05) is 10.2 Å². The van der Waals surface area contributed by atoms with Gasteiger partial charge in [-0.1, -0.05) is 29.8 Å². The molecular weight excluding hydrogens is 422 g/mol. The van der Waals surface area contributed by atoms with Gasteiger partial charge in [0.2, 0.25) is 0 Å². The van der Waals surface area contributed by atoms with Crippen LogP contribution in [0, 0.1) is 11.3 Å². The number of hydrogen-bond donors (Lipinski definition) is 1. The van der Waals surface area contributed by atoms with Gasteiger partial charge in [0.1, 0.15) is 22.3 Å². The second kappa shape index (κ2) is 8.48. The molecule has 2 saturated carbocycles. The minimum absolute atomic E-state index is 0.0979. The van der Waals surface area contributed by atoms with Crippen molar-refractivity contribution >= 4 is 34.0 Å². The fraction of sp³-hybridized carbons (Fsp3) is 0.400. The Balaban J connectivity index is 1.39. The maximum absolute atomic E-state index is 12.8. The number of anilines is 2. The van der Waals surface area contributed by atoms with Crippen LogP contribution in [0.25, 0.3) is 11.0 Å². The standard InChI is InChI=1S/C25H26ClN5O/c1-30-21-13-14-22(26)29-24(21)23(20(15-27)25(30)32)28-16-7-9-18(10-8-16)31(19-11-12-19)17-5-3-2-4-6-17/h2-6,13-14,16,18-19,28H,7-12H2,1H3. The van der Waals surface area contributed by atoms with Crippen molar-refractivity contribution in [1.82, 2.24) is 9.55 Å². The Morgan fingerprint density at radius 3 is 2.34 bits per heavy atom. The third-order valence-electron chi connectivity index (χ3n) is 6.75. The molecule has 0 atom stereocenters. The monoisotopic (exact) mass is 447 g/mol. The molecule has 164 valence electrons. The average Bonchev–Trinajstić information content (AvgIpc) is 3.64. The maximum atomic E-state index is 12.8. The lowest BCUT2D eigenvalue weighted by Gasteiger charge is -2.39. The molecule has 0 unspecified atom stereocenters. The van der Waals surface area contributed by atoms with E-state index in [2.05, 4.69) is 51.6 Å². The van der Waals surface area contributed by atoms with E-state index in [-0.39, 0.29) is 17.2 Å². The molecule has 32 heavy (non-hydrogen) atoms. The second-order valence-corrected chi connectivity index (χ2v) is 9.24. The van der Waals surface area contributed by atoms with E-state index in [1.54, 1.807) is 19.2 Å². The first-order chi connectivity index (χ1) is 15.6. The van der Waals surface area contributed by atoms with Gasteiger partial charge in [-0.05, 0) is 62.8 Å². The number of nitrogens with one attached hydrogen (secondary N) is 1. The second-order valence-electron chi connectivity index (χ2n) is 8.85. The van der Waals surface area contributed by atoms with Gasteiger partial charge >= 0.3 is 0 Å². The summed E-state index contributed by atoms with van der Waals surface area (Å²) in [6.45, 7) is 0. The Bertz CT molecular complexity index is 1240. The van der Waals surface area contributed by atoms with E-state index in [9.17, 15) is 10.1 Å². The van der Waals surface area contributed by atoms with Crippen molar-refractivity contribution in [3.8, 4) is 6.07 Å². The van der Waals surface area contributed by atoms with Crippen LogP contribution in [-0.4, -0.2) is 27.7 Å². The van der Waals surface area contributed by atoms with E-state index in [1.165, 1.54) is 23.1 Å². The van der Waals surface area contributed by atoms with Crippen LogP contribution >= 0.6 is 11.6 Å². The summed E-state index contributed by atoms with van der Waals surface area (Å²) < 4.78 is 1.46. The van der Waals surface area contributed by atoms with Crippen molar-refractivity contribution in [2.24, 2.45) is 7.05 Å². The van der Waals surface area contributed by atoms with Crippen molar-refractivity contribution in [1.29, 1.82) is 5.26 Å². The van der Waals surface area contributed by atoms with Crippen molar-refractivity contribution < 1.29 is 0 Å². The molecule has 0 aliphatic heterocycles. The smallest absolute Gasteiger partial charge is 0.270 e. The van der Waals surface area contributed by atoms with Gasteiger partial charge in [-0.3, -0.25) is 4.79 Å². The maximum Gasteiger partial charge on any atom is 0.270 e. The van der Waals surface area contributed by atoms with Gasteiger partial charge in [0.05, 0.1) is 11.2 Å². The van der Waals surface area contributed by atoms with E-state index in [4.69, 9.17) is 11.6 Å². The van der Waals surface area contributed by atoms with Gasteiger partial charge < -0.3 is 14.8 Å². The van der Waals surface area contributed by atoms with Gasteiger partial charge in [0, 0.05) is 30.9 Å². The van der Waals surface area contributed by atoms with E-state index >= 15 is 0 Å². The topological polar surface area (TPSA) is 74.0 Å². The third-order valence-corrected chi connectivity index (χ3v) is 6.96. The normalized spacial score (nSPS) is 20.7. The van der Waals surface area contributed by atoms with Crippen molar-refractivity contribution in [3.05, 3.63) is 63.5 Å². The molecule has 7 heteroatoms.